The molecule has 1 unspecified atom stereocenters. The van der Waals surface area contributed by atoms with Crippen LogP contribution in [0.15, 0.2) is 18.2 Å². The molecule has 0 saturated carbocycles. The SMILES string of the molecule is CC1(CN)OB(O)c2c(OCCCO)cccc21.[Re]. The maximum absolute atomic E-state index is 9.98. The molecule has 1 aliphatic rings. The third-order valence-corrected chi connectivity index (χ3v) is 3.20. The number of hydrogen-bond donors (Lipinski definition) is 3. The minimum absolute atomic E-state index is 0. The molecule has 0 amide bonds. The van der Waals surface area contributed by atoms with E-state index in [1.807, 2.05) is 19.1 Å². The topological polar surface area (TPSA) is 84.9 Å². The summed E-state index contributed by atoms with van der Waals surface area (Å²) in [6.07, 6.45) is 0.550. The van der Waals surface area contributed by atoms with Crippen molar-refractivity contribution in [1.29, 1.82) is 0 Å². The molecule has 1 aliphatic heterocycles. The van der Waals surface area contributed by atoms with Crippen molar-refractivity contribution in [3.8, 4) is 5.75 Å². The van der Waals surface area contributed by atoms with Gasteiger partial charge in [-0.3, -0.25) is 0 Å². The molecule has 0 aromatic heterocycles. The number of ether oxygens (including phenoxy) is 1. The molecule has 1 heterocycles. The second kappa shape index (κ2) is 6.85. The first-order valence-electron chi connectivity index (χ1n) is 6.05. The van der Waals surface area contributed by atoms with Crippen LogP contribution in [-0.2, 0) is 30.7 Å². The molecule has 0 spiro atoms. The first-order valence-corrected chi connectivity index (χ1v) is 6.05. The summed E-state index contributed by atoms with van der Waals surface area (Å²) in [7, 11) is -1.01. The van der Waals surface area contributed by atoms with Crippen molar-refractivity contribution in [2.75, 3.05) is 19.8 Å². The van der Waals surface area contributed by atoms with Crippen LogP contribution in [0.3, 0.4) is 0 Å². The van der Waals surface area contributed by atoms with Crippen LogP contribution in [0, 0.1) is 0 Å². The number of hydrogen-bond acceptors (Lipinski definition) is 5. The summed E-state index contributed by atoms with van der Waals surface area (Å²) in [5.74, 6) is 0.589. The fourth-order valence-electron chi connectivity index (χ4n) is 2.16. The molecule has 2 rings (SSSR count). The van der Waals surface area contributed by atoms with Gasteiger partial charge >= 0.3 is 7.12 Å². The number of rotatable bonds is 5. The zero-order valence-electron chi connectivity index (χ0n) is 10.8. The van der Waals surface area contributed by atoms with E-state index in [1.54, 1.807) is 6.07 Å². The van der Waals surface area contributed by atoms with Gasteiger partial charge in [-0.2, -0.15) is 0 Å². The fourth-order valence-corrected chi connectivity index (χ4v) is 2.16. The van der Waals surface area contributed by atoms with Crippen LogP contribution in [0.1, 0.15) is 18.9 Å². The Bertz CT molecular complexity index is 434. The molecule has 1 radical (unpaired) electrons. The van der Waals surface area contributed by atoms with E-state index in [1.165, 1.54) is 0 Å². The zero-order chi connectivity index (χ0) is 13.2. The van der Waals surface area contributed by atoms with Gasteiger partial charge in [0.15, 0.2) is 0 Å². The molecule has 105 valence electrons. The van der Waals surface area contributed by atoms with E-state index in [0.717, 1.165) is 5.56 Å². The predicted molar refractivity (Wildman–Crippen MR) is 68.7 cm³/mol. The Kier molecular flexibility index (Phi) is 6.00. The van der Waals surface area contributed by atoms with Gasteiger partial charge in [-0.05, 0) is 18.6 Å². The van der Waals surface area contributed by atoms with Crippen molar-refractivity contribution in [3.63, 3.8) is 0 Å². The van der Waals surface area contributed by atoms with Gasteiger partial charge in [0.05, 0.1) is 12.2 Å². The average Bonchev–Trinajstić information content (AvgIpc) is 2.64. The van der Waals surface area contributed by atoms with Crippen LogP contribution in [-0.4, -0.2) is 37.0 Å². The molecule has 7 heteroatoms. The molecule has 4 N–H and O–H groups in total. The van der Waals surface area contributed by atoms with E-state index in [4.69, 9.17) is 20.2 Å². The van der Waals surface area contributed by atoms with E-state index in [0.29, 0.717) is 24.2 Å². The summed E-state index contributed by atoms with van der Waals surface area (Å²) >= 11 is 0. The van der Waals surface area contributed by atoms with E-state index in [9.17, 15) is 5.02 Å². The summed E-state index contributed by atoms with van der Waals surface area (Å²) < 4.78 is 11.1. The smallest absolute Gasteiger partial charge is 0.494 e. The van der Waals surface area contributed by atoms with Crippen LogP contribution in [0.2, 0.25) is 0 Å². The maximum Gasteiger partial charge on any atom is 0.496 e. The van der Waals surface area contributed by atoms with Gasteiger partial charge < -0.3 is 25.3 Å². The largest absolute Gasteiger partial charge is 0.496 e. The second-order valence-electron chi connectivity index (χ2n) is 4.55. The predicted octanol–water partition coefficient (Wildman–Crippen LogP) is -0.663. The Balaban J connectivity index is 0.00000180. The minimum Gasteiger partial charge on any atom is -0.494 e. The van der Waals surface area contributed by atoms with E-state index < -0.39 is 12.7 Å². The number of aliphatic hydroxyl groups is 1. The summed E-state index contributed by atoms with van der Waals surface area (Å²) in [4.78, 5) is 0. The summed E-state index contributed by atoms with van der Waals surface area (Å²) in [6.45, 7) is 2.62. The number of benzene rings is 1. The Morgan fingerprint density at radius 2 is 2.21 bits per heavy atom. The summed E-state index contributed by atoms with van der Waals surface area (Å²) in [6, 6.07) is 5.52. The van der Waals surface area contributed by atoms with Crippen LogP contribution in [0.25, 0.3) is 0 Å². The van der Waals surface area contributed by atoms with Crippen molar-refractivity contribution in [3.05, 3.63) is 23.8 Å². The standard InChI is InChI=1S/C12H18BNO4.Re/c1-12(8-14)9-4-2-5-10(17-7-3-6-15)11(9)13(16)18-12;/h2,4-5,15-16H,3,6-8,14H2,1H3;. The van der Waals surface area contributed by atoms with Crippen LogP contribution < -0.4 is 15.9 Å². The van der Waals surface area contributed by atoms with Crippen LogP contribution in [0.4, 0.5) is 0 Å². The fraction of sp³-hybridized carbons (Fsp3) is 0.500. The van der Waals surface area contributed by atoms with Crippen LogP contribution >= 0.6 is 0 Å². The van der Waals surface area contributed by atoms with E-state index >= 15 is 0 Å². The van der Waals surface area contributed by atoms with E-state index in [-0.39, 0.29) is 33.6 Å². The van der Waals surface area contributed by atoms with Gasteiger partial charge in [-0.1, -0.05) is 12.1 Å². The van der Waals surface area contributed by atoms with Crippen molar-refractivity contribution < 1.29 is 39.9 Å². The number of aliphatic hydroxyl groups excluding tert-OH is 1. The Morgan fingerprint density at radius 1 is 1.47 bits per heavy atom. The Hall–Kier alpha value is -0.413. The van der Waals surface area contributed by atoms with Gasteiger partial charge in [0.25, 0.3) is 0 Å². The normalized spacial score (nSPS) is 20.9. The molecule has 0 fully saturated rings. The summed E-state index contributed by atoms with van der Waals surface area (Å²) in [5, 5.41) is 18.7. The molecule has 1 atom stereocenters. The first kappa shape index (κ1) is 16.6. The third-order valence-electron chi connectivity index (χ3n) is 3.20. The summed E-state index contributed by atoms with van der Waals surface area (Å²) in [5.41, 5.74) is 6.53. The quantitative estimate of drug-likeness (QED) is 0.421. The number of nitrogens with two attached hydrogens (primary N) is 1. The van der Waals surface area contributed by atoms with Gasteiger partial charge in [-0.15, -0.1) is 0 Å². The van der Waals surface area contributed by atoms with Crippen molar-refractivity contribution in [1.82, 2.24) is 0 Å². The molecule has 0 bridgehead atoms. The molecular weight excluding hydrogens is 419 g/mol. The third kappa shape index (κ3) is 3.19. The zero-order valence-corrected chi connectivity index (χ0v) is 13.5. The van der Waals surface area contributed by atoms with Crippen molar-refractivity contribution in [2.45, 2.75) is 18.9 Å². The minimum atomic E-state index is -1.01. The second-order valence-corrected chi connectivity index (χ2v) is 4.55. The molecule has 0 saturated heterocycles. The van der Waals surface area contributed by atoms with Gasteiger partial charge in [0.2, 0.25) is 0 Å². The molecule has 1 aromatic carbocycles. The first-order chi connectivity index (χ1) is 8.62. The maximum atomic E-state index is 9.98. The van der Waals surface area contributed by atoms with Gasteiger partial charge in [-0.25, -0.2) is 0 Å². The Morgan fingerprint density at radius 3 is 2.84 bits per heavy atom. The van der Waals surface area contributed by atoms with Crippen molar-refractivity contribution in [2.24, 2.45) is 5.73 Å². The average molecular weight is 437 g/mol. The number of fused-ring (bicyclic) bond motifs is 1. The van der Waals surface area contributed by atoms with E-state index in [2.05, 4.69) is 0 Å². The van der Waals surface area contributed by atoms with Gasteiger partial charge in [0, 0.05) is 45.5 Å². The van der Waals surface area contributed by atoms with Crippen LogP contribution in [0.5, 0.6) is 5.75 Å². The van der Waals surface area contributed by atoms with Crippen molar-refractivity contribution >= 4 is 12.6 Å². The molecule has 0 aliphatic carbocycles. The monoisotopic (exact) mass is 438 g/mol. The molecule has 1 aromatic rings. The Labute approximate surface area is 126 Å². The molecule has 19 heavy (non-hydrogen) atoms. The molecular formula is C12H18BNO4Re. The van der Waals surface area contributed by atoms with Gasteiger partial charge in [0.1, 0.15) is 5.75 Å². The molecule has 5 nitrogen and oxygen atoms in total.